The summed E-state index contributed by atoms with van der Waals surface area (Å²) in [5.74, 6) is 0.431. The van der Waals surface area contributed by atoms with Crippen LogP contribution < -0.4 is 10.6 Å². The fraction of sp³-hybridized carbons (Fsp3) is 0.294. The van der Waals surface area contributed by atoms with Crippen LogP contribution in [-0.4, -0.2) is 11.0 Å². The summed E-state index contributed by atoms with van der Waals surface area (Å²) in [6.45, 7) is 7.60. The van der Waals surface area contributed by atoms with E-state index in [-0.39, 0.29) is 5.69 Å². The van der Waals surface area contributed by atoms with Crippen molar-refractivity contribution in [3.05, 3.63) is 52.2 Å². The SMILES string of the molecule is Cc1nc(NC(=O)Nc2ccc(C(F)(F)F)cc2)c(C)c(C)c1C. The van der Waals surface area contributed by atoms with Crippen LogP contribution in [0.15, 0.2) is 24.3 Å². The molecule has 0 atom stereocenters. The number of halogens is 3. The summed E-state index contributed by atoms with van der Waals surface area (Å²) in [7, 11) is 0. The van der Waals surface area contributed by atoms with E-state index in [1.54, 1.807) is 0 Å². The third kappa shape index (κ3) is 3.84. The van der Waals surface area contributed by atoms with Gasteiger partial charge < -0.3 is 5.32 Å². The Kier molecular flexibility index (Phi) is 4.82. The molecule has 2 N–H and O–H groups in total. The van der Waals surface area contributed by atoms with Crippen LogP contribution in [0.4, 0.5) is 29.5 Å². The van der Waals surface area contributed by atoms with Gasteiger partial charge in [-0.2, -0.15) is 13.2 Å². The van der Waals surface area contributed by atoms with E-state index in [1.807, 2.05) is 27.7 Å². The van der Waals surface area contributed by atoms with E-state index in [1.165, 1.54) is 12.1 Å². The summed E-state index contributed by atoms with van der Waals surface area (Å²) in [5.41, 5.74) is 3.24. The number of aryl methyl sites for hydroxylation is 1. The van der Waals surface area contributed by atoms with Gasteiger partial charge in [0.25, 0.3) is 0 Å². The monoisotopic (exact) mass is 337 g/mol. The van der Waals surface area contributed by atoms with Gasteiger partial charge in [0.1, 0.15) is 5.82 Å². The molecule has 24 heavy (non-hydrogen) atoms. The maximum absolute atomic E-state index is 12.5. The lowest BCUT2D eigenvalue weighted by atomic mass is 10.0. The second kappa shape index (κ2) is 6.51. The van der Waals surface area contributed by atoms with Crippen LogP contribution in [0.3, 0.4) is 0 Å². The van der Waals surface area contributed by atoms with Crippen molar-refractivity contribution < 1.29 is 18.0 Å². The van der Waals surface area contributed by atoms with E-state index >= 15 is 0 Å². The molecule has 1 heterocycles. The molecule has 7 heteroatoms. The lowest BCUT2D eigenvalue weighted by Crippen LogP contribution is -2.21. The van der Waals surface area contributed by atoms with E-state index in [0.29, 0.717) is 5.82 Å². The number of pyridine rings is 1. The third-order valence-electron chi connectivity index (χ3n) is 4.00. The van der Waals surface area contributed by atoms with Crippen LogP contribution in [0.2, 0.25) is 0 Å². The van der Waals surface area contributed by atoms with E-state index in [4.69, 9.17) is 0 Å². The van der Waals surface area contributed by atoms with Gasteiger partial charge in [-0.15, -0.1) is 0 Å². The van der Waals surface area contributed by atoms with Crippen LogP contribution in [-0.2, 0) is 6.18 Å². The number of urea groups is 1. The molecule has 0 unspecified atom stereocenters. The van der Waals surface area contributed by atoms with Crippen LogP contribution in [0.5, 0.6) is 0 Å². The van der Waals surface area contributed by atoms with Crippen molar-refractivity contribution in [2.75, 3.05) is 10.6 Å². The highest BCUT2D eigenvalue weighted by molar-refractivity contribution is 5.99. The molecule has 0 aliphatic heterocycles. The van der Waals surface area contributed by atoms with E-state index in [9.17, 15) is 18.0 Å². The van der Waals surface area contributed by atoms with Crippen molar-refractivity contribution >= 4 is 17.5 Å². The molecule has 4 nitrogen and oxygen atoms in total. The molecule has 0 radical (unpaired) electrons. The zero-order valence-electron chi connectivity index (χ0n) is 13.8. The first-order valence-electron chi connectivity index (χ1n) is 7.29. The van der Waals surface area contributed by atoms with Gasteiger partial charge >= 0.3 is 12.2 Å². The van der Waals surface area contributed by atoms with Gasteiger partial charge in [-0.05, 0) is 68.7 Å². The van der Waals surface area contributed by atoms with E-state index in [0.717, 1.165) is 34.5 Å². The van der Waals surface area contributed by atoms with Crippen LogP contribution >= 0.6 is 0 Å². The Morgan fingerprint density at radius 3 is 2.04 bits per heavy atom. The summed E-state index contributed by atoms with van der Waals surface area (Å²) in [4.78, 5) is 16.4. The van der Waals surface area contributed by atoms with Gasteiger partial charge in [-0.25, -0.2) is 9.78 Å². The Morgan fingerprint density at radius 1 is 0.917 bits per heavy atom. The minimum absolute atomic E-state index is 0.263. The second-order valence-corrected chi connectivity index (χ2v) is 5.58. The van der Waals surface area contributed by atoms with Crippen molar-refractivity contribution in [2.45, 2.75) is 33.9 Å². The van der Waals surface area contributed by atoms with E-state index < -0.39 is 17.8 Å². The topological polar surface area (TPSA) is 54.0 Å². The molecule has 128 valence electrons. The maximum Gasteiger partial charge on any atom is 0.416 e. The maximum atomic E-state index is 12.5. The van der Waals surface area contributed by atoms with Gasteiger partial charge in [0.15, 0.2) is 0 Å². The molecule has 0 saturated heterocycles. The number of anilines is 2. The summed E-state index contributed by atoms with van der Waals surface area (Å²) in [6, 6.07) is 3.68. The number of carbonyl (C=O) groups is 1. The predicted molar refractivity (Wildman–Crippen MR) is 87.3 cm³/mol. The molecule has 0 saturated carbocycles. The highest BCUT2D eigenvalue weighted by Crippen LogP contribution is 2.30. The van der Waals surface area contributed by atoms with E-state index in [2.05, 4.69) is 15.6 Å². The molecule has 1 aromatic carbocycles. The molecule has 0 fully saturated rings. The summed E-state index contributed by atoms with van der Waals surface area (Å²) < 4.78 is 37.5. The molecule has 0 aliphatic rings. The molecule has 0 aliphatic carbocycles. The minimum Gasteiger partial charge on any atom is -0.308 e. The van der Waals surface area contributed by atoms with Crippen molar-refractivity contribution in [3.8, 4) is 0 Å². The van der Waals surface area contributed by atoms with Crippen LogP contribution in [0.1, 0.15) is 27.9 Å². The number of alkyl halides is 3. The fourth-order valence-electron chi connectivity index (χ4n) is 2.20. The van der Waals surface area contributed by atoms with Crippen molar-refractivity contribution in [1.29, 1.82) is 0 Å². The van der Waals surface area contributed by atoms with Crippen LogP contribution in [0, 0.1) is 27.7 Å². The zero-order valence-corrected chi connectivity index (χ0v) is 13.8. The number of hydrogen-bond donors (Lipinski definition) is 2. The number of nitrogens with one attached hydrogen (secondary N) is 2. The first-order chi connectivity index (χ1) is 11.1. The summed E-state index contributed by atoms with van der Waals surface area (Å²) >= 11 is 0. The smallest absolute Gasteiger partial charge is 0.308 e. The summed E-state index contributed by atoms with van der Waals surface area (Å²) in [5, 5.41) is 5.12. The standard InChI is InChI=1S/C17H18F3N3O/c1-9-10(2)12(4)21-15(11(9)3)23-16(24)22-14-7-5-13(6-8-14)17(18,19)20/h5-8H,1-4H3,(H2,21,22,23,24). The lowest BCUT2D eigenvalue weighted by Gasteiger charge is -2.14. The first-order valence-corrected chi connectivity index (χ1v) is 7.29. The molecular formula is C17H18F3N3O. The molecule has 0 bridgehead atoms. The minimum atomic E-state index is -4.40. The van der Waals surface area contributed by atoms with Crippen LogP contribution in [0.25, 0.3) is 0 Å². The molecule has 2 amide bonds. The third-order valence-corrected chi connectivity index (χ3v) is 4.00. The van der Waals surface area contributed by atoms with Gasteiger partial charge in [0.2, 0.25) is 0 Å². The Balaban J connectivity index is 2.12. The highest BCUT2D eigenvalue weighted by Gasteiger charge is 2.30. The van der Waals surface area contributed by atoms with Crippen molar-refractivity contribution in [1.82, 2.24) is 4.98 Å². The Bertz CT molecular complexity index is 768. The zero-order chi connectivity index (χ0) is 18.1. The predicted octanol–water partition coefficient (Wildman–Crippen LogP) is 4.98. The average molecular weight is 337 g/mol. The lowest BCUT2D eigenvalue weighted by molar-refractivity contribution is -0.137. The van der Waals surface area contributed by atoms with Gasteiger partial charge in [-0.1, -0.05) is 0 Å². The first kappa shape index (κ1) is 17.8. The van der Waals surface area contributed by atoms with Gasteiger partial charge in [0.05, 0.1) is 5.56 Å². The Labute approximate surface area is 138 Å². The number of carbonyl (C=O) groups excluding carboxylic acids is 1. The van der Waals surface area contributed by atoms with Crippen molar-refractivity contribution in [3.63, 3.8) is 0 Å². The molecule has 2 aromatic rings. The molecule has 1 aromatic heterocycles. The molecule has 0 spiro atoms. The van der Waals surface area contributed by atoms with Gasteiger partial charge in [-0.3, -0.25) is 5.32 Å². The normalized spacial score (nSPS) is 11.3. The molecule has 2 rings (SSSR count). The number of benzene rings is 1. The fourth-order valence-corrected chi connectivity index (χ4v) is 2.20. The highest BCUT2D eigenvalue weighted by atomic mass is 19.4. The number of rotatable bonds is 2. The van der Waals surface area contributed by atoms with Crippen molar-refractivity contribution in [2.24, 2.45) is 0 Å². The Morgan fingerprint density at radius 2 is 1.50 bits per heavy atom. The number of nitrogens with zero attached hydrogens (tertiary/aromatic N) is 1. The Hall–Kier alpha value is -2.57. The largest absolute Gasteiger partial charge is 0.416 e. The average Bonchev–Trinajstić information content (AvgIpc) is 2.50. The number of aromatic nitrogens is 1. The number of hydrogen-bond acceptors (Lipinski definition) is 2. The van der Waals surface area contributed by atoms with Gasteiger partial charge in [0, 0.05) is 11.4 Å². The number of amides is 2. The quantitative estimate of drug-likeness (QED) is 0.812. The second-order valence-electron chi connectivity index (χ2n) is 5.58. The summed E-state index contributed by atoms with van der Waals surface area (Å²) in [6.07, 6.45) is -4.40. The molecular weight excluding hydrogens is 319 g/mol.